The smallest absolute Gasteiger partial charge is 0.119 e. The lowest BCUT2D eigenvalue weighted by Gasteiger charge is -2.20. The maximum atomic E-state index is 5.24. The van der Waals surface area contributed by atoms with Crippen molar-refractivity contribution in [2.45, 2.75) is 25.9 Å². The normalized spacial score (nSPS) is 13.8. The summed E-state index contributed by atoms with van der Waals surface area (Å²) in [5.41, 5.74) is 2.13. The van der Waals surface area contributed by atoms with Crippen molar-refractivity contribution in [2.75, 3.05) is 7.11 Å². The van der Waals surface area contributed by atoms with Crippen LogP contribution in [-0.4, -0.2) is 17.1 Å². The molecule has 0 bridgehead atoms. The number of nitrogens with zero attached hydrogens (tertiary/aromatic N) is 2. The summed E-state index contributed by atoms with van der Waals surface area (Å²) >= 11 is 0. The molecule has 100 valence electrons. The fourth-order valence-corrected chi connectivity index (χ4v) is 2.00. The standard InChI is InChI=1S/C15H19N3O/c1-11(13-5-4-6-14(9-13)19-3)18-12(2)15-10-16-7-8-17-15/h4-12,18H,1-3H3. The summed E-state index contributed by atoms with van der Waals surface area (Å²) in [4.78, 5) is 8.40. The highest BCUT2D eigenvalue weighted by molar-refractivity contribution is 5.30. The summed E-state index contributed by atoms with van der Waals surface area (Å²) in [6.45, 7) is 4.21. The lowest BCUT2D eigenvalue weighted by molar-refractivity contribution is 0.412. The van der Waals surface area contributed by atoms with Gasteiger partial charge in [0.25, 0.3) is 0 Å². The van der Waals surface area contributed by atoms with E-state index in [-0.39, 0.29) is 12.1 Å². The Balaban J connectivity index is 2.06. The van der Waals surface area contributed by atoms with Crippen LogP contribution in [0.1, 0.15) is 37.2 Å². The highest BCUT2D eigenvalue weighted by Crippen LogP contribution is 2.21. The Labute approximate surface area is 113 Å². The van der Waals surface area contributed by atoms with E-state index in [1.54, 1.807) is 25.7 Å². The minimum Gasteiger partial charge on any atom is -0.497 e. The van der Waals surface area contributed by atoms with Crippen molar-refractivity contribution < 1.29 is 4.74 Å². The first kappa shape index (κ1) is 13.5. The van der Waals surface area contributed by atoms with Crippen molar-refractivity contribution in [1.29, 1.82) is 0 Å². The molecule has 1 N–H and O–H groups in total. The van der Waals surface area contributed by atoms with E-state index in [4.69, 9.17) is 4.74 Å². The third-order valence-electron chi connectivity index (χ3n) is 3.12. The van der Waals surface area contributed by atoms with Crippen LogP contribution in [0.5, 0.6) is 5.75 Å². The fraction of sp³-hybridized carbons (Fsp3) is 0.333. The van der Waals surface area contributed by atoms with Crippen LogP contribution in [0.2, 0.25) is 0 Å². The van der Waals surface area contributed by atoms with Crippen LogP contribution in [-0.2, 0) is 0 Å². The zero-order valence-electron chi connectivity index (χ0n) is 11.5. The maximum Gasteiger partial charge on any atom is 0.119 e. The maximum absolute atomic E-state index is 5.24. The molecule has 2 aromatic rings. The van der Waals surface area contributed by atoms with Gasteiger partial charge in [-0.3, -0.25) is 9.97 Å². The van der Waals surface area contributed by atoms with Crippen molar-refractivity contribution >= 4 is 0 Å². The van der Waals surface area contributed by atoms with Gasteiger partial charge in [0.05, 0.1) is 12.8 Å². The van der Waals surface area contributed by atoms with E-state index in [0.717, 1.165) is 11.4 Å². The minimum absolute atomic E-state index is 0.148. The molecule has 0 aliphatic heterocycles. The number of benzene rings is 1. The first-order valence-electron chi connectivity index (χ1n) is 6.36. The predicted molar refractivity (Wildman–Crippen MR) is 75.0 cm³/mol. The van der Waals surface area contributed by atoms with Gasteiger partial charge in [0.15, 0.2) is 0 Å². The van der Waals surface area contributed by atoms with Crippen LogP contribution < -0.4 is 10.1 Å². The molecular formula is C15H19N3O. The molecule has 1 aromatic carbocycles. The number of nitrogens with one attached hydrogen (secondary N) is 1. The van der Waals surface area contributed by atoms with Crippen LogP contribution in [0.25, 0.3) is 0 Å². The Morgan fingerprint density at radius 3 is 2.68 bits per heavy atom. The summed E-state index contributed by atoms with van der Waals surface area (Å²) in [5, 5.41) is 3.51. The van der Waals surface area contributed by atoms with E-state index < -0.39 is 0 Å². The van der Waals surface area contributed by atoms with Gasteiger partial charge in [-0.2, -0.15) is 0 Å². The van der Waals surface area contributed by atoms with Gasteiger partial charge in [0.1, 0.15) is 5.75 Å². The highest BCUT2D eigenvalue weighted by Gasteiger charge is 2.12. The number of rotatable bonds is 5. The zero-order valence-corrected chi connectivity index (χ0v) is 11.5. The van der Waals surface area contributed by atoms with Crippen LogP contribution in [0, 0.1) is 0 Å². The summed E-state index contributed by atoms with van der Waals surface area (Å²) in [5.74, 6) is 0.873. The van der Waals surface area contributed by atoms with Crippen LogP contribution >= 0.6 is 0 Å². The van der Waals surface area contributed by atoms with E-state index >= 15 is 0 Å². The van der Waals surface area contributed by atoms with Crippen molar-refractivity contribution in [3.63, 3.8) is 0 Å². The number of hydrogen-bond acceptors (Lipinski definition) is 4. The molecule has 0 saturated heterocycles. The summed E-state index contributed by atoms with van der Waals surface area (Å²) in [7, 11) is 1.68. The Kier molecular flexibility index (Phi) is 4.47. The van der Waals surface area contributed by atoms with Gasteiger partial charge < -0.3 is 10.1 Å². The first-order chi connectivity index (χ1) is 9.20. The molecule has 0 fully saturated rings. The lowest BCUT2D eigenvalue weighted by Crippen LogP contribution is -2.23. The van der Waals surface area contributed by atoms with E-state index in [9.17, 15) is 0 Å². The molecule has 0 aliphatic carbocycles. The third-order valence-corrected chi connectivity index (χ3v) is 3.12. The molecule has 0 saturated carbocycles. The van der Waals surface area contributed by atoms with E-state index in [2.05, 4.69) is 35.2 Å². The van der Waals surface area contributed by atoms with Gasteiger partial charge in [-0.15, -0.1) is 0 Å². The van der Waals surface area contributed by atoms with Crippen LogP contribution in [0.15, 0.2) is 42.9 Å². The monoisotopic (exact) mass is 257 g/mol. The lowest BCUT2D eigenvalue weighted by atomic mass is 10.1. The Hall–Kier alpha value is -1.94. The molecule has 2 atom stereocenters. The molecule has 1 heterocycles. The Morgan fingerprint density at radius 2 is 2.00 bits per heavy atom. The average Bonchev–Trinajstić information content (AvgIpc) is 2.48. The second-order valence-corrected chi connectivity index (χ2v) is 4.52. The van der Waals surface area contributed by atoms with E-state index in [1.165, 1.54) is 5.56 Å². The first-order valence-corrected chi connectivity index (χ1v) is 6.36. The molecule has 1 aromatic heterocycles. The van der Waals surface area contributed by atoms with Crippen molar-refractivity contribution in [3.05, 3.63) is 54.1 Å². The summed E-state index contributed by atoms with van der Waals surface area (Å²) in [6, 6.07) is 8.44. The zero-order chi connectivity index (χ0) is 13.7. The second kappa shape index (κ2) is 6.29. The van der Waals surface area contributed by atoms with Crippen molar-refractivity contribution in [3.8, 4) is 5.75 Å². The van der Waals surface area contributed by atoms with Gasteiger partial charge in [0, 0.05) is 30.7 Å². The van der Waals surface area contributed by atoms with Gasteiger partial charge in [-0.25, -0.2) is 0 Å². The van der Waals surface area contributed by atoms with Gasteiger partial charge in [-0.05, 0) is 31.5 Å². The third kappa shape index (κ3) is 3.51. The molecule has 19 heavy (non-hydrogen) atoms. The molecule has 0 spiro atoms. The number of ether oxygens (including phenoxy) is 1. The van der Waals surface area contributed by atoms with Crippen molar-refractivity contribution in [2.24, 2.45) is 0 Å². The quantitative estimate of drug-likeness (QED) is 0.894. The number of methoxy groups -OCH3 is 1. The summed E-state index contributed by atoms with van der Waals surface area (Å²) < 4.78 is 5.24. The molecule has 0 amide bonds. The van der Waals surface area contributed by atoms with Gasteiger partial charge >= 0.3 is 0 Å². The molecular weight excluding hydrogens is 238 g/mol. The highest BCUT2D eigenvalue weighted by atomic mass is 16.5. The average molecular weight is 257 g/mol. The summed E-state index contributed by atoms with van der Waals surface area (Å²) in [6.07, 6.45) is 5.18. The van der Waals surface area contributed by atoms with Crippen LogP contribution in [0.3, 0.4) is 0 Å². The van der Waals surface area contributed by atoms with Gasteiger partial charge in [0.2, 0.25) is 0 Å². The molecule has 4 nitrogen and oxygen atoms in total. The SMILES string of the molecule is COc1cccc(C(C)NC(C)c2cnccn2)c1. The fourth-order valence-electron chi connectivity index (χ4n) is 2.00. The van der Waals surface area contributed by atoms with E-state index in [1.807, 2.05) is 18.2 Å². The predicted octanol–water partition coefficient (Wildman–Crippen LogP) is 2.90. The van der Waals surface area contributed by atoms with Gasteiger partial charge in [-0.1, -0.05) is 12.1 Å². The minimum atomic E-state index is 0.148. The largest absolute Gasteiger partial charge is 0.497 e. The molecule has 0 aliphatic rings. The van der Waals surface area contributed by atoms with Crippen LogP contribution in [0.4, 0.5) is 0 Å². The Morgan fingerprint density at radius 1 is 1.16 bits per heavy atom. The van der Waals surface area contributed by atoms with Crippen molar-refractivity contribution in [1.82, 2.24) is 15.3 Å². The molecule has 2 unspecified atom stereocenters. The second-order valence-electron chi connectivity index (χ2n) is 4.52. The van der Waals surface area contributed by atoms with E-state index in [0.29, 0.717) is 0 Å². The topological polar surface area (TPSA) is 47.0 Å². The molecule has 2 rings (SSSR count). The molecule has 0 radical (unpaired) electrons. The number of aromatic nitrogens is 2. The number of hydrogen-bond donors (Lipinski definition) is 1. The molecule has 4 heteroatoms. The Bertz CT molecular complexity index is 516.